The molecule has 0 heterocycles. The number of nitrogens with two attached hydrogens (primary N) is 1. The van der Waals surface area contributed by atoms with E-state index in [1.54, 1.807) is 6.07 Å². The molecule has 0 fully saturated rings. The van der Waals surface area contributed by atoms with E-state index in [-0.39, 0.29) is 16.3 Å². The number of rotatable bonds is 3. The lowest BCUT2D eigenvalue weighted by molar-refractivity contribution is 0.0161. The van der Waals surface area contributed by atoms with Crippen LogP contribution in [0.25, 0.3) is 0 Å². The fourth-order valence-corrected chi connectivity index (χ4v) is 1.23. The second-order valence-electron chi connectivity index (χ2n) is 2.69. The third-order valence-electron chi connectivity index (χ3n) is 1.59. The summed E-state index contributed by atoms with van der Waals surface area (Å²) < 4.78 is 27.8. The van der Waals surface area contributed by atoms with Crippen molar-refractivity contribution in [1.82, 2.24) is 0 Å². The molecule has 15 heavy (non-hydrogen) atoms. The molecule has 0 saturated carbocycles. The summed E-state index contributed by atoms with van der Waals surface area (Å²) in [4.78, 5) is 11.3. The van der Waals surface area contributed by atoms with Gasteiger partial charge in [0, 0.05) is 5.69 Å². The molecular formula is C9H8ClF2NO2. The molecule has 0 atom stereocenters. The summed E-state index contributed by atoms with van der Waals surface area (Å²) in [6.45, 7) is -0.969. The van der Waals surface area contributed by atoms with Crippen molar-refractivity contribution in [2.45, 2.75) is 6.43 Å². The van der Waals surface area contributed by atoms with E-state index >= 15 is 0 Å². The highest BCUT2D eigenvalue weighted by Crippen LogP contribution is 2.22. The van der Waals surface area contributed by atoms with Gasteiger partial charge in [-0.15, -0.1) is 0 Å². The maximum absolute atomic E-state index is 11.8. The summed E-state index contributed by atoms with van der Waals surface area (Å²) in [5.74, 6) is -0.946. The number of hydrogen-bond donors (Lipinski definition) is 1. The maximum Gasteiger partial charge on any atom is 0.341 e. The first-order chi connectivity index (χ1) is 7.02. The van der Waals surface area contributed by atoms with E-state index in [4.69, 9.17) is 17.3 Å². The maximum atomic E-state index is 11.8. The molecule has 0 unspecified atom stereocenters. The van der Waals surface area contributed by atoms with Crippen molar-refractivity contribution in [2.24, 2.45) is 0 Å². The first-order valence-corrected chi connectivity index (χ1v) is 4.39. The monoisotopic (exact) mass is 235 g/mol. The lowest BCUT2D eigenvalue weighted by Crippen LogP contribution is -2.13. The Morgan fingerprint density at radius 3 is 2.73 bits per heavy atom. The third kappa shape index (κ3) is 3.06. The normalized spacial score (nSPS) is 10.4. The van der Waals surface area contributed by atoms with Crippen LogP contribution in [-0.4, -0.2) is 19.0 Å². The van der Waals surface area contributed by atoms with Crippen LogP contribution in [0.4, 0.5) is 14.5 Å². The first kappa shape index (κ1) is 11.7. The van der Waals surface area contributed by atoms with Gasteiger partial charge in [-0.05, 0) is 12.1 Å². The van der Waals surface area contributed by atoms with Crippen molar-refractivity contribution in [1.29, 1.82) is 0 Å². The van der Waals surface area contributed by atoms with Gasteiger partial charge in [0.05, 0.1) is 5.02 Å². The number of esters is 1. The van der Waals surface area contributed by atoms with E-state index in [2.05, 4.69) is 4.74 Å². The Kier molecular flexibility index (Phi) is 3.85. The Balaban J connectivity index is 2.82. The Morgan fingerprint density at radius 1 is 1.53 bits per heavy atom. The number of alkyl halides is 2. The average Bonchev–Trinajstić information content (AvgIpc) is 2.14. The van der Waals surface area contributed by atoms with Gasteiger partial charge in [-0.1, -0.05) is 17.7 Å². The zero-order valence-electron chi connectivity index (χ0n) is 7.54. The minimum absolute atomic E-state index is 0.0780. The summed E-state index contributed by atoms with van der Waals surface area (Å²) in [7, 11) is 0. The number of ether oxygens (including phenoxy) is 1. The van der Waals surface area contributed by atoms with E-state index in [0.717, 1.165) is 0 Å². The van der Waals surface area contributed by atoms with Crippen LogP contribution in [0, 0.1) is 0 Å². The predicted molar refractivity (Wildman–Crippen MR) is 52.2 cm³/mol. The van der Waals surface area contributed by atoms with Gasteiger partial charge in [-0.2, -0.15) is 0 Å². The van der Waals surface area contributed by atoms with E-state index in [1.165, 1.54) is 12.1 Å². The topological polar surface area (TPSA) is 52.3 Å². The fraction of sp³-hybridized carbons (Fsp3) is 0.222. The number of anilines is 1. The van der Waals surface area contributed by atoms with Gasteiger partial charge in [-0.3, -0.25) is 0 Å². The van der Waals surface area contributed by atoms with Crippen molar-refractivity contribution in [3.63, 3.8) is 0 Å². The van der Waals surface area contributed by atoms with Gasteiger partial charge < -0.3 is 10.5 Å². The molecule has 0 aliphatic carbocycles. The van der Waals surface area contributed by atoms with Crippen molar-refractivity contribution in [2.75, 3.05) is 12.3 Å². The molecule has 1 aromatic rings. The minimum Gasteiger partial charge on any atom is -0.456 e. The molecule has 2 N–H and O–H groups in total. The molecule has 0 bridgehead atoms. The molecule has 6 heteroatoms. The van der Waals surface area contributed by atoms with Crippen LogP contribution in [0.5, 0.6) is 0 Å². The van der Waals surface area contributed by atoms with Crippen molar-refractivity contribution in [3.8, 4) is 0 Å². The van der Waals surface area contributed by atoms with Crippen LogP contribution in [-0.2, 0) is 4.74 Å². The van der Waals surface area contributed by atoms with Crippen LogP contribution < -0.4 is 5.73 Å². The number of benzene rings is 1. The van der Waals surface area contributed by atoms with Gasteiger partial charge in [0.1, 0.15) is 5.56 Å². The smallest absolute Gasteiger partial charge is 0.341 e. The molecule has 0 aliphatic heterocycles. The number of halogens is 3. The molecule has 0 spiro atoms. The Hall–Kier alpha value is -1.36. The van der Waals surface area contributed by atoms with Crippen LogP contribution in [0.1, 0.15) is 10.4 Å². The fourth-order valence-electron chi connectivity index (χ4n) is 0.967. The molecule has 1 aromatic carbocycles. The van der Waals surface area contributed by atoms with Gasteiger partial charge >= 0.3 is 5.97 Å². The molecule has 1 rings (SSSR count). The van der Waals surface area contributed by atoms with E-state index in [1.807, 2.05) is 0 Å². The molecule has 0 amide bonds. The number of carbonyl (C=O) groups is 1. The Bertz CT molecular complexity index is 351. The zero-order chi connectivity index (χ0) is 11.4. The van der Waals surface area contributed by atoms with Gasteiger partial charge in [-0.25, -0.2) is 13.6 Å². The summed E-state index contributed by atoms with van der Waals surface area (Å²) >= 11 is 5.67. The summed E-state index contributed by atoms with van der Waals surface area (Å²) in [5.41, 5.74) is 5.47. The number of carbonyl (C=O) groups excluding carboxylic acids is 1. The molecule has 82 valence electrons. The largest absolute Gasteiger partial charge is 0.456 e. The van der Waals surface area contributed by atoms with E-state index in [9.17, 15) is 13.6 Å². The average molecular weight is 236 g/mol. The standard InChI is InChI=1S/C9H8ClF2NO2/c10-5-2-1-3-6(13)8(5)9(14)15-4-7(11)12/h1-3,7H,4,13H2. The summed E-state index contributed by atoms with van der Waals surface area (Å²) in [6, 6.07) is 4.41. The third-order valence-corrected chi connectivity index (χ3v) is 1.91. The van der Waals surface area contributed by atoms with Gasteiger partial charge in [0.25, 0.3) is 6.43 Å². The second kappa shape index (κ2) is 4.93. The van der Waals surface area contributed by atoms with Gasteiger partial charge in [0.15, 0.2) is 6.61 Å². The molecule has 3 nitrogen and oxygen atoms in total. The highest BCUT2D eigenvalue weighted by Gasteiger charge is 2.16. The number of nitrogen functional groups attached to an aromatic ring is 1. The molecule has 0 aliphatic rings. The minimum atomic E-state index is -2.71. The highest BCUT2D eigenvalue weighted by atomic mass is 35.5. The SMILES string of the molecule is Nc1cccc(Cl)c1C(=O)OCC(F)F. The van der Waals surface area contributed by atoms with Crippen molar-refractivity contribution < 1.29 is 18.3 Å². The van der Waals surface area contributed by atoms with Gasteiger partial charge in [0.2, 0.25) is 0 Å². The lowest BCUT2D eigenvalue weighted by atomic mass is 10.2. The quantitative estimate of drug-likeness (QED) is 0.646. The Labute approximate surface area is 89.8 Å². The summed E-state index contributed by atoms with van der Waals surface area (Å²) in [6.07, 6.45) is -2.71. The van der Waals surface area contributed by atoms with E-state index in [0.29, 0.717) is 0 Å². The molecule has 0 radical (unpaired) electrons. The van der Waals surface area contributed by atoms with Crippen LogP contribution >= 0.6 is 11.6 Å². The Morgan fingerprint density at radius 2 is 2.20 bits per heavy atom. The zero-order valence-corrected chi connectivity index (χ0v) is 8.30. The van der Waals surface area contributed by atoms with Crippen LogP contribution in [0.3, 0.4) is 0 Å². The molecular weight excluding hydrogens is 228 g/mol. The second-order valence-corrected chi connectivity index (χ2v) is 3.10. The molecule has 0 aromatic heterocycles. The molecule has 0 saturated heterocycles. The van der Waals surface area contributed by atoms with Crippen molar-refractivity contribution in [3.05, 3.63) is 28.8 Å². The van der Waals surface area contributed by atoms with Crippen LogP contribution in [0.2, 0.25) is 5.02 Å². The first-order valence-electron chi connectivity index (χ1n) is 4.01. The highest BCUT2D eigenvalue weighted by molar-refractivity contribution is 6.34. The summed E-state index contributed by atoms with van der Waals surface area (Å²) in [5, 5.41) is 0.0780. The number of hydrogen-bond acceptors (Lipinski definition) is 3. The van der Waals surface area contributed by atoms with E-state index < -0.39 is 19.0 Å². The van der Waals surface area contributed by atoms with Crippen molar-refractivity contribution >= 4 is 23.3 Å². The predicted octanol–water partition coefficient (Wildman–Crippen LogP) is 2.34. The lowest BCUT2D eigenvalue weighted by Gasteiger charge is -2.07. The van der Waals surface area contributed by atoms with Crippen LogP contribution in [0.15, 0.2) is 18.2 Å².